The van der Waals surface area contributed by atoms with Crippen LogP contribution in [0.3, 0.4) is 0 Å². The van der Waals surface area contributed by atoms with Gasteiger partial charge in [0.25, 0.3) is 0 Å². The summed E-state index contributed by atoms with van der Waals surface area (Å²) in [5.41, 5.74) is 0. The molecular weight excluding hydrogens is 198 g/mol. The number of imidazole rings is 1. The van der Waals surface area contributed by atoms with E-state index in [2.05, 4.69) is 55.7 Å². The van der Waals surface area contributed by atoms with Crippen LogP contribution in [0.4, 0.5) is 0 Å². The molecule has 0 aromatic carbocycles. The Morgan fingerprint density at radius 3 is 2.56 bits per heavy atom. The van der Waals surface area contributed by atoms with Gasteiger partial charge in [0.05, 0.1) is 0 Å². The maximum atomic E-state index is 4.42. The van der Waals surface area contributed by atoms with Crippen molar-refractivity contribution < 1.29 is 0 Å². The van der Waals surface area contributed by atoms with Crippen LogP contribution in [0.25, 0.3) is 0 Å². The quantitative estimate of drug-likeness (QED) is 0.803. The summed E-state index contributed by atoms with van der Waals surface area (Å²) < 4.78 is 2.28. The fourth-order valence-corrected chi connectivity index (χ4v) is 1.76. The Bertz CT molecular complexity index is 304. The van der Waals surface area contributed by atoms with Crippen molar-refractivity contribution in [1.82, 2.24) is 14.9 Å². The molecule has 0 fully saturated rings. The lowest BCUT2D eigenvalue weighted by atomic mass is 10.2. The van der Waals surface area contributed by atoms with Crippen LogP contribution in [0.1, 0.15) is 58.8 Å². The lowest BCUT2D eigenvalue weighted by molar-refractivity contribution is 0.431. The van der Waals surface area contributed by atoms with Crippen molar-refractivity contribution in [2.75, 3.05) is 6.54 Å². The van der Waals surface area contributed by atoms with Gasteiger partial charge in [-0.15, -0.1) is 0 Å². The van der Waals surface area contributed by atoms with Gasteiger partial charge in [0.1, 0.15) is 5.82 Å². The molecule has 0 aliphatic heterocycles. The van der Waals surface area contributed by atoms with Crippen LogP contribution in [0.2, 0.25) is 0 Å². The van der Waals surface area contributed by atoms with Gasteiger partial charge in [-0.1, -0.05) is 20.8 Å². The van der Waals surface area contributed by atoms with Crippen molar-refractivity contribution in [2.45, 2.75) is 59.0 Å². The topological polar surface area (TPSA) is 29.9 Å². The molecule has 1 rings (SSSR count). The maximum absolute atomic E-state index is 4.42. The largest absolute Gasteiger partial charge is 0.331 e. The third kappa shape index (κ3) is 3.34. The first-order valence-electron chi connectivity index (χ1n) is 6.32. The van der Waals surface area contributed by atoms with Crippen LogP contribution in [0.5, 0.6) is 0 Å². The second-order valence-electron chi connectivity index (χ2n) is 4.91. The van der Waals surface area contributed by atoms with E-state index in [9.17, 15) is 0 Å². The van der Waals surface area contributed by atoms with Gasteiger partial charge in [0, 0.05) is 36.9 Å². The molecule has 1 aromatic heterocycles. The first-order chi connectivity index (χ1) is 7.56. The van der Waals surface area contributed by atoms with Gasteiger partial charge >= 0.3 is 0 Å². The molecule has 0 aliphatic rings. The second kappa shape index (κ2) is 6.04. The predicted molar refractivity (Wildman–Crippen MR) is 68.8 cm³/mol. The average molecular weight is 223 g/mol. The summed E-state index contributed by atoms with van der Waals surface area (Å²) in [6, 6.07) is 1.06. The minimum atomic E-state index is 0.467. The highest BCUT2D eigenvalue weighted by Gasteiger charge is 2.12. The van der Waals surface area contributed by atoms with E-state index in [0.29, 0.717) is 18.0 Å². The molecule has 0 amide bonds. The smallest absolute Gasteiger partial charge is 0.111 e. The van der Waals surface area contributed by atoms with Crippen molar-refractivity contribution in [3.8, 4) is 0 Å². The molecule has 0 radical (unpaired) electrons. The van der Waals surface area contributed by atoms with Gasteiger partial charge < -0.3 is 9.88 Å². The molecule has 1 aromatic rings. The summed E-state index contributed by atoms with van der Waals surface area (Å²) >= 11 is 0. The Morgan fingerprint density at radius 1 is 1.31 bits per heavy atom. The molecule has 0 saturated carbocycles. The van der Waals surface area contributed by atoms with Crippen molar-refractivity contribution in [2.24, 2.45) is 0 Å². The third-order valence-electron chi connectivity index (χ3n) is 3.06. The van der Waals surface area contributed by atoms with E-state index in [1.54, 1.807) is 0 Å². The molecule has 0 bridgehead atoms. The Hall–Kier alpha value is -0.830. The number of rotatable bonds is 6. The molecule has 3 nitrogen and oxygen atoms in total. The second-order valence-corrected chi connectivity index (χ2v) is 4.91. The van der Waals surface area contributed by atoms with Crippen molar-refractivity contribution >= 4 is 0 Å². The first-order valence-corrected chi connectivity index (χ1v) is 6.32. The summed E-state index contributed by atoms with van der Waals surface area (Å²) in [5, 5.41) is 3.54. The minimum absolute atomic E-state index is 0.467. The number of nitrogens with zero attached hydrogens (tertiary/aromatic N) is 2. The van der Waals surface area contributed by atoms with Crippen LogP contribution in [-0.2, 0) is 0 Å². The Morgan fingerprint density at radius 2 is 2.00 bits per heavy atom. The molecule has 1 heterocycles. The molecule has 2 unspecified atom stereocenters. The van der Waals surface area contributed by atoms with Crippen molar-refractivity contribution in [1.29, 1.82) is 0 Å². The van der Waals surface area contributed by atoms with E-state index in [4.69, 9.17) is 0 Å². The normalized spacial score (nSPS) is 15.4. The molecule has 92 valence electrons. The number of aromatic nitrogens is 2. The first kappa shape index (κ1) is 13.2. The van der Waals surface area contributed by atoms with Crippen LogP contribution in [0.15, 0.2) is 12.4 Å². The van der Waals surface area contributed by atoms with Gasteiger partial charge in [-0.3, -0.25) is 0 Å². The highest BCUT2D eigenvalue weighted by atomic mass is 15.1. The Balaban J connectivity index is 2.58. The SMILES string of the molecule is CCC(C)NCC(C)n1ccnc1C(C)C. The fraction of sp³-hybridized carbons (Fsp3) is 0.769. The highest BCUT2D eigenvalue weighted by molar-refractivity contribution is 4.99. The van der Waals surface area contributed by atoms with Crippen LogP contribution in [-0.4, -0.2) is 22.1 Å². The van der Waals surface area contributed by atoms with Gasteiger partial charge in [-0.25, -0.2) is 4.98 Å². The van der Waals surface area contributed by atoms with E-state index < -0.39 is 0 Å². The van der Waals surface area contributed by atoms with Gasteiger partial charge in [0.15, 0.2) is 0 Å². The summed E-state index contributed by atoms with van der Waals surface area (Å²) in [6.07, 6.45) is 5.15. The number of nitrogens with one attached hydrogen (secondary N) is 1. The zero-order valence-corrected chi connectivity index (χ0v) is 11.2. The molecule has 3 heteroatoms. The van der Waals surface area contributed by atoms with E-state index in [1.165, 1.54) is 12.2 Å². The van der Waals surface area contributed by atoms with E-state index in [0.717, 1.165) is 6.54 Å². The van der Waals surface area contributed by atoms with E-state index >= 15 is 0 Å². The van der Waals surface area contributed by atoms with Crippen molar-refractivity contribution in [3.63, 3.8) is 0 Å². The van der Waals surface area contributed by atoms with Crippen molar-refractivity contribution in [3.05, 3.63) is 18.2 Å². The Kier molecular flexibility index (Phi) is 5.00. The summed E-state index contributed by atoms with van der Waals surface area (Å²) in [7, 11) is 0. The van der Waals surface area contributed by atoms with Crippen LogP contribution >= 0.6 is 0 Å². The van der Waals surface area contributed by atoms with Gasteiger partial charge in [-0.05, 0) is 20.3 Å². The zero-order valence-electron chi connectivity index (χ0n) is 11.2. The average Bonchev–Trinajstić information content (AvgIpc) is 2.74. The maximum Gasteiger partial charge on any atom is 0.111 e. The molecule has 0 spiro atoms. The van der Waals surface area contributed by atoms with E-state index in [1.807, 2.05) is 6.20 Å². The monoisotopic (exact) mass is 223 g/mol. The molecule has 0 saturated heterocycles. The fourth-order valence-electron chi connectivity index (χ4n) is 1.76. The zero-order chi connectivity index (χ0) is 12.1. The standard InChI is InChI=1S/C13H25N3/c1-6-11(4)15-9-12(5)16-8-7-14-13(16)10(2)3/h7-8,10-12,15H,6,9H2,1-5H3. The predicted octanol–water partition coefficient (Wildman–Crippen LogP) is 2.96. The third-order valence-corrected chi connectivity index (χ3v) is 3.06. The van der Waals surface area contributed by atoms with Crippen LogP contribution < -0.4 is 5.32 Å². The number of hydrogen-bond acceptors (Lipinski definition) is 2. The molecule has 1 N–H and O–H groups in total. The summed E-state index contributed by atoms with van der Waals surface area (Å²) in [5.74, 6) is 1.67. The van der Waals surface area contributed by atoms with E-state index in [-0.39, 0.29) is 0 Å². The highest BCUT2D eigenvalue weighted by Crippen LogP contribution is 2.16. The number of hydrogen-bond donors (Lipinski definition) is 1. The molecule has 2 atom stereocenters. The minimum Gasteiger partial charge on any atom is -0.331 e. The summed E-state index contributed by atoms with van der Waals surface area (Å²) in [6.45, 7) is 12.1. The van der Waals surface area contributed by atoms with Gasteiger partial charge in [0.2, 0.25) is 0 Å². The molecule has 16 heavy (non-hydrogen) atoms. The lowest BCUT2D eigenvalue weighted by Gasteiger charge is -2.20. The lowest BCUT2D eigenvalue weighted by Crippen LogP contribution is -2.31. The Labute approximate surface area is 99.3 Å². The molecular formula is C13H25N3. The molecule has 0 aliphatic carbocycles. The van der Waals surface area contributed by atoms with Gasteiger partial charge in [-0.2, -0.15) is 0 Å². The van der Waals surface area contributed by atoms with Crippen LogP contribution in [0, 0.1) is 0 Å². The summed E-state index contributed by atoms with van der Waals surface area (Å²) in [4.78, 5) is 4.42.